The van der Waals surface area contributed by atoms with Gasteiger partial charge < -0.3 is 15.2 Å². The van der Waals surface area contributed by atoms with Crippen LogP contribution < -0.4 is 10.5 Å². The molecule has 2 N–H and O–H groups in total. The smallest absolute Gasteiger partial charge is 0.200 e. The number of rotatable bonds is 5. The fourth-order valence-corrected chi connectivity index (χ4v) is 1.65. The molecule has 0 radical (unpaired) electrons. The molecule has 0 aliphatic rings. The number of methoxy groups -OCH3 is 1. The van der Waals surface area contributed by atoms with E-state index >= 15 is 0 Å². The number of anilines is 1. The zero-order valence-electron chi connectivity index (χ0n) is 9.29. The number of hydrogen-bond donors (Lipinski definition) is 1. The monoisotopic (exact) mass is 252 g/mol. The third-order valence-electron chi connectivity index (χ3n) is 1.96. The number of nitrogen functional groups attached to an aromatic ring is 1. The molecule has 0 atom stereocenters. The Morgan fingerprint density at radius 3 is 3.00 bits per heavy atom. The molecular formula is C10H12N4O2S. The molecule has 7 heteroatoms. The molecule has 2 heterocycles. The van der Waals surface area contributed by atoms with Gasteiger partial charge in [0.1, 0.15) is 18.1 Å². The van der Waals surface area contributed by atoms with Gasteiger partial charge in [0.15, 0.2) is 11.0 Å². The topological polar surface area (TPSA) is 83.2 Å². The molecule has 0 aliphatic heterocycles. The molecule has 0 spiro atoms. The highest BCUT2D eigenvalue weighted by Gasteiger charge is 2.07. The van der Waals surface area contributed by atoms with Crippen molar-refractivity contribution in [2.24, 2.45) is 0 Å². The lowest BCUT2D eigenvalue weighted by Gasteiger charge is -2.05. The summed E-state index contributed by atoms with van der Waals surface area (Å²) in [6, 6.07) is 3.55. The Morgan fingerprint density at radius 1 is 1.41 bits per heavy atom. The average molecular weight is 252 g/mol. The van der Waals surface area contributed by atoms with Crippen molar-refractivity contribution in [3.05, 3.63) is 18.3 Å². The van der Waals surface area contributed by atoms with Crippen molar-refractivity contribution in [1.82, 2.24) is 14.3 Å². The van der Waals surface area contributed by atoms with E-state index in [0.29, 0.717) is 35.6 Å². The molecule has 0 saturated carbocycles. The normalized spacial score (nSPS) is 10.4. The molecule has 17 heavy (non-hydrogen) atoms. The molecule has 2 aromatic heterocycles. The molecule has 2 aromatic rings. The lowest BCUT2D eigenvalue weighted by atomic mass is 10.3. The van der Waals surface area contributed by atoms with Crippen molar-refractivity contribution < 1.29 is 9.47 Å². The highest BCUT2D eigenvalue weighted by molar-refractivity contribution is 7.09. The van der Waals surface area contributed by atoms with E-state index in [2.05, 4.69) is 14.3 Å². The highest BCUT2D eigenvalue weighted by atomic mass is 32.1. The fourth-order valence-electron chi connectivity index (χ4n) is 1.21. The van der Waals surface area contributed by atoms with Gasteiger partial charge >= 0.3 is 0 Å². The van der Waals surface area contributed by atoms with E-state index in [4.69, 9.17) is 15.2 Å². The van der Waals surface area contributed by atoms with Crippen LogP contribution in [0.5, 0.6) is 5.75 Å². The largest absolute Gasteiger partial charge is 0.491 e. The Kier molecular flexibility index (Phi) is 3.84. The van der Waals surface area contributed by atoms with Crippen LogP contribution in [0.25, 0.3) is 11.5 Å². The summed E-state index contributed by atoms with van der Waals surface area (Å²) in [4.78, 5) is 8.23. The van der Waals surface area contributed by atoms with Gasteiger partial charge in [-0.3, -0.25) is 4.98 Å². The second-order valence-corrected chi connectivity index (χ2v) is 3.96. The van der Waals surface area contributed by atoms with Crippen LogP contribution in [0.3, 0.4) is 0 Å². The van der Waals surface area contributed by atoms with Crippen LogP contribution in [0.1, 0.15) is 0 Å². The van der Waals surface area contributed by atoms with Gasteiger partial charge in [-0.25, -0.2) is 0 Å². The first-order chi connectivity index (χ1) is 8.29. The second kappa shape index (κ2) is 5.55. The molecule has 0 amide bonds. The fraction of sp³-hybridized carbons (Fsp3) is 0.300. The van der Waals surface area contributed by atoms with E-state index in [1.54, 1.807) is 25.4 Å². The minimum Gasteiger partial charge on any atom is -0.491 e. The van der Waals surface area contributed by atoms with Crippen LogP contribution >= 0.6 is 11.5 Å². The number of pyridine rings is 1. The maximum Gasteiger partial charge on any atom is 0.200 e. The quantitative estimate of drug-likeness (QED) is 0.805. The Balaban J connectivity index is 2.11. The summed E-state index contributed by atoms with van der Waals surface area (Å²) >= 11 is 1.14. The first-order valence-electron chi connectivity index (χ1n) is 4.97. The van der Waals surface area contributed by atoms with E-state index in [9.17, 15) is 0 Å². The predicted molar refractivity (Wildman–Crippen MR) is 64.9 cm³/mol. The third kappa shape index (κ3) is 3.11. The zero-order valence-corrected chi connectivity index (χ0v) is 10.1. The number of ether oxygens (including phenoxy) is 2. The van der Waals surface area contributed by atoms with Gasteiger partial charge in [-0.05, 0) is 6.07 Å². The van der Waals surface area contributed by atoms with Crippen LogP contribution in [0.2, 0.25) is 0 Å². The summed E-state index contributed by atoms with van der Waals surface area (Å²) in [6.07, 6.45) is 1.65. The number of nitrogens with two attached hydrogens (primary N) is 1. The molecule has 0 unspecified atom stereocenters. The second-order valence-electron chi connectivity index (χ2n) is 3.17. The van der Waals surface area contributed by atoms with Crippen molar-refractivity contribution in [3.63, 3.8) is 0 Å². The van der Waals surface area contributed by atoms with E-state index < -0.39 is 0 Å². The molecule has 0 aliphatic carbocycles. The Labute approximate surface area is 103 Å². The van der Waals surface area contributed by atoms with Gasteiger partial charge in [-0.15, -0.1) is 0 Å². The van der Waals surface area contributed by atoms with Crippen LogP contribution in [0.4, 0.5) is 5.13 Å². The summed E-state index contributed by atoms with van der Waals surface area (Å²) in [5, 5.41) is 0.424. The van der Waals surface area contributed by atoms with E-state index in [-0.39, 0.29) is 0 Å². The number of aromatic nitrogens is 3. The molecule has 0 fully saturated rings. The Morgan fingerprint density at radius 2 is 2.29 bits per heavy atom. The molecule has 0 saturated heterocycles. The minimum absolute atomic E-state index is 0.424. The van der Waals surface area contributed by atoms with Crippen molar-refractivity contribution in [1.29, 1.82) is 0 Å². The molecule has 2 rings (SSSR count). The maximum atomic E-state index is 5.52. The van der Waals surface area contributed by atoms with E-state index in [1.807, 2.05) is 0 Å². The van der Waals surface area contributed by atoms with Crippen LogP contribution in [0, 0.1) is 0 Å². The minimum atomic E-state index is 0.424. The summed E-state index contributed by atoms with van der Waals surface area (Å²) in [7, 11) is 1.63. The van der Waals surface area contributed by atoms with Crippen LogP contribution in [-0.4, -0.2) is 34.7 Å². The Bertz CT molecular complexity index is 489. The van der Waals surface area contributed by atoms with Gasteiger partial charge in [0.25, 0.3) is 0 Å². The molecule has 0 bridgehead atoms. The van der Waals surface area contributed by atoms with Crippen molar-refractivity contribution in [3.8, 4) is 17.3 Å². The first-order valence-corrected chi connectivity index (χ1v) is 5.74. The van der Waals surface area contributed by atoms with Crippen molar-refractivity contribution in [2.75, 3.05) is 26.1 Å². The molecule has 90 valence electrons. The molecule has 0 aromatic carbocycles. The summed E-state index contributed by atoms with van der Waals surface area (Å²) in [5.41, 5.74) is 6.17. The summed E-state index contributed by atoms with van der Waals surface area (Å²) < 4.78 is 14.5. The summed E-state index contributed by atoms with van der Waals surface area (Å²) in [6.45, 7) is 1.03. The van der Waals surface area contributed by atoms with E-state index in [1.165, 1.54) is 0 Å². The first kappa shape index (κ1) is 11.7. The van der Waals surface area contributed by atoms with Gasteiger partial charge in [0, 0.05) is 30.9 Å². The van der Waals surface area contributed by atoms with Crippen LogP contribution in [0.15, 0.2) is 18.3 Å². The van der Waals surface area contributed by atoms with Gasteiger partial charge in [-0.2, -0.15) is 9.36 Å². The molecular weight excluding hydrogens is 240 g/mol. The predicted octanol–water partition coefficient (Wildman–Crippen LogP) is 1.21. The third-order valence-corrected chi connectivity index (χ3v) is 2.50. The number of nitrogens with zero attached hydrogens (tertiary/aromatic N) is 3. The van der Waals surface area contributed by atoms with Gasteiger partial charge in [0.05, 0.1) is 6.61 Å². The Hall–Kier alpha value is -1.73. The van der Waals surface area contributed by atoms with Gasteiger partial charge in [-0.1, -0.05) is 0 Å². The SMILES string of the molecule is COCCOc1ccnc(-c2nsc(N)n2)c1. The lowest BCUT2D eigenvalue weighted by molar-refractivity contribution is 0.146. The van der Waals surface area contributed by atoms with Crippen molar-refractivity contribution >= 4 is 16.7 Å². The maximum absolute atomic E-state index is 5.52. The standard InChI is InChI=1S/C10H12N4O2S/c1-15-4-5-16-7-2-3-12-8(6-7)9-13-10(11)17-14-9/h2-3,6H,4-5H2,1H3,(H2,11,13,14). The molecule has 6 nitrogen and oxygen atoms in total. The zero-order chi connectivity index (χ0) is 12.1. The van der Waals surface area contributed by atoms with Gasteiger partial charge in [0.2, 0.25) is 0 Å². The number of hydrogen-bond acceptors (Lipinski definition) is 7. The average Bonchev–Trinajstić information content (AvgIpc) is 2.77. The van der Waals surface area contributed by atoms with Crippen LogP contribution in [-0.2, 0) is 4.74 Å². The summed E-state index contributed by atoms with van der Waals surface area (Å²) in [5.74, 6) is 1.23. The lowest BCUT2D eigenvalue weighted by Crippen LogP contribution is -2.04. The van der Waals surface area contributed by atoms with Crippen molar-refractivity contribution in [2.45, 2.75) is 0 Å². The van der Waals surface area contributed by atoms with E-state index in [0.717, 1.165) is 11.5 Å². The highest BCUT2D eigenvalue weighted by Crippen LogP contribution is 2.21.